The van der Waals surface area contributed by atoms with Crippen LogP contribution >= 0.6 is 18.1 Å². The van der Waals surface area contributed by atoms with Gasteiger partial charge in [-0.25, -0.2) is 0 Å². The van der Waals surface area contributed by atoms with Crippen molar-refractivity contribution in [1.82, 2.24) is 0 Å². The van der Waals surface area contributed by atoms with Crippen molar-refractivity contribution in [2.75, 3.05) is 6.61 Å². The van der Waals surface area contributed by atoms with Gasteiger partial charge in [-0.1, -0.05) is 29.8 Å². The number of benzene rings is 2. The summed E-state index contributed by atoms with van der Waals surface area (Å²) >= 11 is 11.5. The molecule has 2 aromatic carbocycles. The lowest BCUT2D eigenvalue weighted by Crippen LogP contribution is -2.12. The van der Waals surface area contributed by atoms with Crippen LogP contribution < -0.4 is 9.83 Å². The Morgan fingerprint density at radius 3 is 2.50 bits per heavy atom. The van der Waals surface area contributed by atoms with Crippen molar-refractivity contribution < 1.29 is 14.0 Å². The molecule has 0 heterocycles. The van der Waals surface area contributed by atoms with Crippen molar-refractivity contribution in [1.29, 1.82) is 0 Å². The lowest BCUT2D eigenvalue weighted by Gasteiger charge is -2.22. The van der Waals surface area contributed by atoms with Gasteiger partial charge in [-0.2, -0.15) is 0 Å². The van der Waals surface area contributed by atoms with Crippen LogP contribution in [0.15, 0.2) is 48.5 Å². The maximum Gasteiger partial charge on any atom is 0.288 e. The van der Waals surface area contributed by atoms with E-state index in [-0.39, 0.29) is 10.7 Å². The molecule has 0 radical (unpaired) electrons. The second-order valence-electron chi connectivity index (χ2n) is 4.21. The molecular weight excluding hydrogens is 345 g/mol. The van der Waals surface area contributed by atoms with E-state index in [1.807, 2.05) is 37.3 Å². The van der Waals surface area contributed by atoms with E-state index in [2.05, 4.69) is 0 Å². The number of nitro benzene ring substituents is 1. The average Bonchev–Trinajstić information content (AvgIpc) is 2.48. The molecule has 0 aliphatic heterocycles. The van der Waals surface area contributed by atoms with Crippen LogP contribution in [0.25, 0.3) is 0 Å². The fraction of sp³-hybridized carbons (Fsp3) is 0.143. The minimum absolute atomic E-state index is 0.00592. The number of rotatable bonds is 6. The van der Waals surface area contributed by atoms with Crippen LogP contribution in [0, 0.1) is 10.1 Å². The third-order valence-electron chi connectivity index (χ3n) is 2.71. The molecule has 2 aromatic rings. The van der Waals surface area contributed by atoms with Gasteiger partial charge in [0.2, 0.25) is 0 Å². The summed E-state index contributed by atoms with van der Waals surface area (Å²) in [6.45, 7) is -0.522. The van der Waals surface area contributed by atoms with Gasteiger partial charge < -0.3 is 9.05 Å². The minimum Gasteiger partial charge on any atom is -0.440 e. The molecule has 5 nitrogen and oxygen atoms in total. The summed E-state index contributed by atoms with van der Waals surface area (Å²) in [7, 11) is 0. The molecule has 0 aromatic heterocycles. The predicted octanol–water partition coefficient (Wildman–Crippen LogP) is 4.30. The van der Waals surface area contributed by atoms with Crippen LogP contribution in [0.3, 0.4) is 0 Å². The molecule has 0 saturated heterocycles. The topological polar surface area (TPSA) is 61.6 Å². The summed E-state index contributed by atoms with van der Waals surface area (Å²) in [6, 6.07) is 13.4. The Hall–Kier alpha value is -1.46. The Morgan fingerprint density at radius 1 is 1.27 bits per heavy atom. The zero-order chi connectivity index (χ0) is 16.2. The van der Waals surface area contributed by atoms with Crippen molar-refractivity contribution in [2.45, 2.75) is 6.92 Å². The van der Waals surface area contributed by atoms with Crippen molar-refractivity contribution in [3.63, 3.8) is 0 Å². The Bertz CT molecular complexity index is 726. The first-order chi connectivity index (χ1) is 10.5. The Morgan fingerprint density at radius 2 is 1.95 bits per heavy atom. The van der Waals surface area contributed by atoms with E-state index in [0.717, 1.165) is 5.30 Å². The molecule has 0 fully saturated rings. The fourth-order valence-electron chi connectivity index (χ4n) is 1.77. The first-order valence-corrected chi connectivity index (χ1v) is 9.41. The fourth-order valence-corrected chi connectivity index (χ4v) is 4.52. The largest absolute Gasteiger partial charge is 0.440 e. The second kappa shape index (κ2) is 7.20. The molecule has 22 heavy (non-hydrogen) atoms. The summed E-state index contributed by atoms with van der Waals surface area (Å²) in [6.07, 6.45) is 0. The highest BCUT2D eigenvalue weighted by molar-refractivity contribution is 8.13. The SMILES string of the molecule is CCOP(=S)(Oc1ccc([N+](=O)[O-])c(Cl)c1)c1ccccc1. The molecule has 0 aliphatic carbocycles. The molecule has 1 atom stereocenters. The van der Waals surface area contributed by atoms with Gasteiger partial charge in [0, 0.05) is 17.4 Å². The molecule has 2 rings (SSSR count). The summed E-state index contributed by atoms with van der Waals surface area (Å²) in [4.78, 5) is 10.2. The van der Waals surface area contributed by atoms with Gasteiger partial charge in [-0.05, 0) is 36.9 Å². The third kappa shape index (κ3) is 3.84. The van der Waals surface area contributed by atoms with Crippen LogP contribution in [0.2, 0.25) is 5.02 Å². The van der Waals surface area contributed by atoms with Crippen LogP contribution in [-0.4, -0.2) is 11.5 Å². The van der Waals surface area contributed by atoms with E-state index in [0.29, 0.717) is 12.4 Å². The lowest BCUT2D eigenvalue weighted by atomic mass is 10.3. The van der Waals surface area contributed by atoms with Crippen molar-refractivity contribution >= 4 is 40.9 Å². The van der Waals surface area contributed by atoms with E-state index in [4.69, 9.17) is 32.5 Å². The van der Waals surface area contributed by atoms with E-state index in [9.17, 15) is 10.1 Å². The van der Waals surface area contributed by atoms with Gasteiger partial charge in [-0.15, -0.1) is 0 Å². The molecule has 8 heteroatoms. The van der Waals surface area contributed by atoms with Crippen LogP contribution in [0.1, 0.15) is 6.92 Å². The van der Waals surface area contributed by atoms with Crippen LogP contribution in [0.5, 0.6) is 5.75 Å². The van der Waals surface area contributed by atoms with E-state index >= 15 is 0 Å². The van der Waals surface area contributed by atoms with Gasteiger partial charge in [0.05, 0.1) is 11.5 Å². The summed E-state index contributed by atoms with van der Waals surface area (Å²) in [5, 5.41) is 11.5. The predicted molar refractivity (Wildman–Crippen MR) is 90.7 cm³/mol. The number of halogens is 1. The minimum atomic E-state index is -2.75. The summed E-state index contributed by atoms with van der Waals surface area (Å²) in [5.74, 6) is 0.344. The van der Waals surface area contributed by atoms with Gasteiger partial charge in [0.15, 0.2) is 0 Å². The smallest absolute Gasteiger partial charge is 0.288 e. The van der Waals surface area contributed by atoms with Gasteiger partial charge >= 0.3 is 0 Å². The van der Waals surface area contributed by atoms with Crippen LogP contribution in [-0.2, 0) is 16.3 Å². The van der Waals surface area contributed by atoms with E-state index < -0.39 is 11.4 Å². The van der Waals surface area contributed by atoms with Crippen molar-refractivity contribution in [2.24, 2.45) is 0 Å². The van der Waals surface area contributed by atoms with Gasteiger partial charge in [-0.3, -0.25) is 10.1 Å². The first kappa shape index (κ1) is 16.9. The summed E-state index contributed by atoms with van der Waals surface area (Å²) in [5.41, 5.74) is -0.182. The molecule has 0 spiro atoms. The molecule has 0 saturated carbocycles. The van der Waals surface area contributed by atoms with E-state index in [1.165, 1.54) is 18.2 Å². The van der Waals surface area contributed by atoms with Crippen LogP contribution in [0.4, 0.5) is 5.69 Å². The second-order valence-corrected chi connectivity index (χ2v) is 8.01. The van der Waals surface area contributed by atoms with E-state index in [1.54, 1.807) is 0 Å². The lowest BCUT2D eigenvalue weighted by molar-refractivity contribution is -0.384. The number of hydrogen-bond donors (Lipinski definition) is 0. The highest BCUT2D eigenvalue weighted by atomic mass is 35.5. The Kier molecular flexibility index (Phi) is 5.53. The first-order valence-electron chi connectivity index (χ1n) is 6.40. The quantitative estimate of drug-likeness (QED) is 0.438. The standard InChI is InChI=1S/C14H13ClNO4PS/c1-2-19-21(22,12-6-4-3-5-7-12)20-11-8-9-14(16(17)18)13(15)10-11/h3-10H,2H2,1H3. The summed E-state index contributed by atoms with van der Waals surface area (Å²) < 4.78 is 11.5. The highest BCUT2D eigenvalue weighted by Crippen LogP contribution is 2.48. The number of nitro groups is 1. The maximum absolute atomic E-state index is 10.8. The molecule has 1 unspecified atom stereocenters. The molecule has 116 valence electrons. The van der Waals surface area contributed by atoms with Gasteiger partial charge in [0.25, 0.3) is 12.2 Å². The molecule has 0 amide bonds. The Balaban J connectivity index is 2.35. The van der Waals surface area contributed by atoms with Crippen molar-refractivity contribution in [3.8, 4) is 5.75 Å². The molecule has 0 bridgehead atoms. The average molecular weight is 358 g/mol. The molecule has 0 N–H and O–H groups in total. The Labute approximate surface area is 138 Å². The number of hydrogen-bond acceptors (Lipinski definition) is 5. The number of nitrogens with zero attached hydrogens (tertiary/aromatic N) is 1. The monoisotopic (exact) mass is 357 g/mol. The zero-order valence-electron chi connectivity index (χ0n) is 11.6. The molecular formula is C14H13ClNO4PS. The third-order valence-corrected chi connectivity index (χ3v) is 6.17. The highest BCUT2D eigenvalue weighted by Gasteiger charge is 2.24. The normalized spacial score (nSPS) is 13.4. The van der Waals surface area contributed by atoms with Gasteiger partial charge in [0.1, 0.15) is 10.8 Å². The van der Waals surface area contributed by atoms with Crippen molar-refractivity contribution in [3.05, 3.63) is 63.7 Å². The molecule has 0 aliphatic rings. The maximum atomic E-state index is 10.8. The zero-order valence-corrected chi connectivity index (χ0v) is 14.1.